The lowest BCUT2D eigenvalue weighted by Crippen LogP contribution is -3.00. The molecule has 0 saturated carbocycles. The summed E-state index contributed by atoms with van der Waals surface area (Å²) in [5.41, 5.74) is 0.712. The summed E-state index contributed by atoms with van der Waals surface area (Å²) >= 11 is 0. The zero-order chi connectivity index (χ0) is 19.7. The van der Waals surface area contributed by atoms with Gasteiger partial charge in [-0.15, -0.1) is 0 Å². The standard InChI is InChI=1S/C23H29N2O3.BrH/c1-4-28-21-12-8-18(9-13-21)23(26)17(2)24-16-6-5-7-22(24)25(23)19-10-14-20(27-3)15-11-19;/h8-15,17,26H,4-7,16H2,1-3H3;1H/q+1;/p-1. The van der Waals surface area contributed by atoms with Crippen molar-refractivity contribution in [3.05, 3.63) is 54.1 Å². The Labute approximate surface area is 183 Å². The Balaban J connectivity index is 0.00000240. The molecule has 0 fully saturated rings. The van der Waals surface area contributed by atoms with E-state index in [1.165, 1.54) is 5.84 Å². The number of amidine groups is 1. The van der Waals surface area contributed by atoms with Gasteiger partial charge in [0, 0.05) is 12.0 Å². The Hall–Kier alpha value is -2.05. The minimum Gasteiger partial charge on any atom is -1.00 e. The second kappa shape index (κ2) is 8.76. The Morgan fingerprint density at radius 3 is 2.34 bits per heavy atom. The van der Waals surface area contributed by atoms with Gasteiger partial charge in [0.1, 0.15) is 17.2 Å². The summed E-state index contributed by atoms with van der Waals surface area (Å²) in [6.45, 7) is 5.69. The second-order valence-corrected chi connectivity index (χ2v) is 7.46. The molecule has 1 N–H and O–H groups in total. The highest BCUT2D eigenvalue weighted by molar-refractivity contribution is 5.97. The zero-order valence-electron chi connectivity index (χ0n) is 17.3. The van der Waals surface area contributed by atoms with Crippen LogP contribution in [-0.2, 0) is 5.72 Å². The van der Waals surface area contributed by atoms with E-state index in [2.05, 4.69) is 16.4 Å². The molecule has 2 aromatic carbocycles. The summed E-state index contributed by atoms with van der Waals surface area (Å²) in [6.07, 6.45) is 3.27. The van der Waals surface area contributed by atoms with Crippen LogP contribution in [0.2, 0.25) is 0 Å². The molecule has 0 bridgehead atoms. The number of ether oxygens (including phenoxy) is 2. The molecule has 0 aliphatic carbocycles. The van der Waals surface area contributed by atoms with Gasteiger partial charge in [0.15, 0.2) is 6.04 Å². The van der Waals surface area contributed by atoms with E-state index < -0.39 is 5.72 Å². The van der Waals surface area contributed by atoms with Crippen LogP contribution < -0.4 is 31.4 Å². The van der Waals surface area contributed by atoms with Gasteiger partial charge in [0.05, 0.1) is 20.3 Å². The quantitative estimate of drug-likeness (QED) is 0.668. The van der Waals surface area contributed by atoms with Crippen LogP contribution in [0.5, 0.6) is 11.5 Å². The van der Waals surface area contributed by atoms with Gasteiger partial charge in [-0.1, -0.05) is 0 Å². The third-order valence-electron chi connectivity index (χ3n) is 5.95. The van der Waals surface area contributed by atoms with Crippen LogP contribution in [0.1, 0.15) is 38.7 Å². The van der Waals surface area contributed by atoms with Crippen molar-refractivity contribution in [3.8, 4) is 11.5 Å². The summed E-state index contributed by atoms with van der Waals surface area (Å²) in [5, 5.41) is 12.1. The fourth-order valence-electron chi connectivity index (χ4n) is 4.51. The summed E-state index contributed by atoms with van der Waals surface area (Å²) < 4.78 is 13.3. The lowest BCUT2D eigenvalue weighted by Gasteiger charge is -2.31. The molecule has 2 aromatic rings. The van der Waals surface area contributed by atoms with Crippen molar-refractivity contribution in [1.82, 2.24) is 0 Å². The summed E-state index contributed by atoms with van der Waals surface area (Å²) in [6, 6.07) is 15.7. The molecule has 4 rings (SSSR count). The first-order chi connectivity index (χ1) is 13.6. The molecule has 0 spiro atoms. The highest BCUT2D eigenvalue weighted by atomic mass is 79.9. The van der Waals surface area contributed by atoms with Gasteiger partial charge < -0.3 is 31.6 Å². The van der Waals surface area contributed by atoms with Gasteiger partial charge in [-0.2, -0.15) is 4.90 Å². The van der Waals surface area contributed by atoms with Gasteiger partial charge in [0.2, 0.25) is 0 Å². The maximum Gasteiger partial charge on any atom is 0.278 e. The predicted molar refractivity (Wildman–Crippen MR) is 110 cm³/mol. The Morgan fingerprint density at radius 2 is 1.72 bits per heavy atom. The molecule has 2 aliphatic rings. The van der Waals surface area contributed by atoms with Gasteiger partial charge in [-0.25, -0.2) is 0 Å². The van der Waals surface area contributed by atoms with Crippen molar-refractivity contribution >= 4 is 11.5 Å². The minimum absolute atomic E-state index is 0. The van der Waals surface area contributed by atoms with Gasteiger partial charge in [0.25, 0.3) is 11.6 Å². The number of halogens is 1. The van der Waals surface area contributed by atoms with Crippen LogP contribution in [-0.4, -0.2) is 41.8 Å². The Bertz CT molecular complexity index is 867. The number of anilines is 1. The molecule has 0 radical (unpaired) electrons. The smallest absolute Gasteiger partial charge is 0.278 e. The molecular weight excluding hydrogens is 432 g/mol. The van der Waals surface area contributed by atoms with E-state index >= 15 is 0 Å². The summed E-state index contributed by atoms with van der Waals surface area (Å²) in [4.78, 5) is 2.12. The highest BCUT2D eigenvalue weighted by Gasteiger charge is 2.59. The maximum atomic E-state index is 12.1. The van der Waals surface area contributed by atoms with Gasteiger partial charge in [-0.05, 0) is 75.2 Å². The number of methoxy groups -OCH3 is 1. The molecule has 156 valence electrons. The van der Waals surface area contributed by atoms with Crippen LogP contribution in [0.4, 0.5) is 5.69 Å². The van der Waals surface area contributed by atoms with E-state index in [-0.39, 0.29) is 23.0 Å². The number of hydrogen-bond acceptors (Lipinski definition) is 4. The third-order valence-corrected chi connectivity index (χ3v) is 5.95. The van der Waals surface area contributed by atoms with Crippen LogP contribution >= 0.6 is 0 Å². The Kier molecular flexibility index (Phi) is 6.54. The Morgan fingerprint density at radius 1 is 1.07 bits per heavy atom. The molecule has 6 heteroatoms. The average molecular weight is 461 g/mol. The average Bonchev–Trinajstić information content (AvgIpc) is 2.97. The van der Waals surface area contributed by atoms with Crippen molar-refractivity contribution in [1.29, 1.82) is 0 Å². The van der Waals surface area contributed by atoms with Crippen LogP contribution in [0, 0.1) is 0 Å². The molecule has 2 unspecified atom stereocenters. The number of benzene rings is 2. The van der Waals surface area contributed by atoms with Crippen molar-refractivity contribution in [2.24, 2.45) is 0 Å². The number of hydrogen-bond donors (Lipinski definition) is 1. The molecule has 2 aliphatic heterocycles. The van der Waals surface area contributed by atoms with Crippen molar-refractivity contribution in [3.63, 3.8) is 0 Å². The molecule has 0 aromatic heterocycles. The SMILES string of the molecule is CCOc1ccc(C2(O)C(C)[N+]3=C(CCCC3)N2c2ccc(OC)cc2)cc1.[Br-]. The molecule has 5 nitrogen and oxygen atoms in total. The zero-order valence-corrected chi connectivity index (χ0v) is 18.9. The van der Waals surface area contributed by atoms with Crippen LogP contribution in [0.15, 0.2) is 48.5 Å². The van der Waals surface area contributed by atoms with Crippen LogP contribution in [0.25, 0.3) is 0 Å². The molecule has 29 heavy (non-hydrogen) atoms. The largest absolute Gasteiger partial charge is 1.00 e. The minimum atomic E-state index is -1.14. The van der Waals surface area contributed by atoms with Crippen LogP contribution in [0.3, 0.4) is 0 Å². The van der Waals surface area contributed by atoms with E-state index in [1.807, 2.05) is 55.5 Å². The maximum absolute atomic E-state index is 12.1. The summed E-state index contributed by atoms with van der Waals surface area (Å²) in [5.74, 6) is 2.83. The predicted octanol–water partition coefficient (Wildman–Crippen LogP) is 0.747. The van der Waals surface area contributed by atoms with E-state index in [0.717, 1.165) is 48.6 Å². The monoisotopic (exact) mass is 460 g/mol. The van der Waals surface area contributed by atoms with E-state index in [9.17, 15) is 5.11 Å². The fraction of sp³-hybridized carbons (Fsp3) is 0.435. The molecule has 2 atom stereocenters. The number of aliphatic hydroxyl groups is 1. The molecular formula is C23H29BrN2O3. The first kappa shape index (κ1) is 21.7. The lowest BCUT2D eigenvalue weighted by molar-refractivity contribution is -0.574. The topological polar surface area (TPSA) is 44.9 Å². The molecule has 0 saturated heterocycles. The van der Waals surface area contributed by atoms with E-state index in [1.54, 1.807) is 7.11 Å². The van der Waals surface area contributed by atoms with Gasteiger partial charge in [-0.3, -0.25) is 4.58 Å². The van der Waals surface area contributed by atoms with Crippen molar-refractivity contribution < 1.29 is 36.1 Å². The lowest BCUT2D eigenvalue weighted by atomic mass is 9.94. The first-order valence-electron chi connectivity index (χ1n) is 10.1. The van der Waals surface area contributed by atoms with Gasteiger partial charge >= 0.3 is 0 Å². The number of rotatable bonds is 5. The second-order valence-electron chi connectivity index (χ2n) is 7.46. The van der Waals surface area contributed by atoms with Crippen molar-refractivity contribution in [2.75, 3.05) is 25.2 Å². The summed E-state index contributed by atoms with van der Waals surface area (Å²) in [7, 11) is 1.67. The van der Waals surface area contributed by atoms with E-state index in [4.69, 9.17) is 9.47 Å². The highest BCUT2D eigenvalue weighted by Crippen LogP contribution is 2.42. The normalized spacial score (nSPS) is 23.4. The third kappa shape index (κ3) is 3.64. The van der Waals surface area contributed by atoms with Crippen molar-refractivity contribution in [2.45, 2.75) is 44.9 Å². The fourth-order valence-corrected chi connectivity index (χ4v) is 4.51. The van der Waals surface area contributed by atoms with E-state index in [0.29, 0.717) is 6.61 Å². The molecule has 2 heterocycles. The first-order valence-corrected chi connectivity index (χ1v) is 10.1. The number of nitrogens with zero attached hydrogens (tertiary/aromatic N) is 2. The molecule has 0 amide bonds.